The van der Waals surface area contributed by atoms with Crippen molar-refractivity contribution in [1.29, 1.82) is 0 Å². The number of carbonyl (C=O) groups excluding carboxylic acids is 2. The highest BCUT2D eigenvalue weighted by Crippen LogP contribution is 2.45. The minimum atomic E-state index is -0.676. The largest absolute Gasteiger partial charge is 0.365 e. The molecule has 1 atom stereocenters. The molecule has 0 radical (unpaired) electrons. The topological polar surface area (TPSA) is 139 Å². The SMILES string of the molecule is CC1(C)C(=O)Nc2c(C3=CCCCC3)cc(Nc3nc(N4CCCC(N)C4)ncc3C(N)=O)cc21. The summed E-state index contributed by atoms with van der Waals surface area (Å²) in [6, 6.07) is 4.06. The number of hydrogen-bond acceptors (Lipinski definition) is 7. The molecule has 2 aromatic rings. The lowest BCUT2D eigenvalue weighted by molar-refractivity contribution is -0.119. The molecule has 184 valence electrons. The van der Waals surface area contributed by atoms with Crippen LogP contribution in [0.25, 0.3) is 5.57 Å². The van der Waals surface area contributed by atoms with Crippen LogP contribution in [0.15, 0.2) is 24.4 Å². The third-order valence-corrected chi connectivity index (χ3v) is 7.30. The predicted octanol–water partition coefficient (Wildman–Crippen LogP) is 3.43. The van der Waals surface area contributed by atoms with Crippen molar-refractivity contribution in [3.8, 4) is 0 Å². The van der Waals surface area contributed by atoms with Crippen LogP contribution in [0, 0.1) is 0 Å². The van der Waals surface area contributed by atoms with E-state index in [4.69, 9.17) is 11.5 Å². The number of nitrogens with zero attached hydrogens (tertiary/aromatic N) is 3. The van der Waals surface area contributed by atoms with Gasteiger partial charge >= 0.3 is 0 Å². The molecule has 1 saturated heterocycles. The molecule has 3 heterocycles. The van der Waals surface area contributed by atoms with Crippen molar-refractivity contribution in [3.05, 3.63) is 41.1 Å². The van der Waals surface area contributed by atoms with E-state index in [1.165, 1.54) is 18.2 Å². The standard InChI is InChI=1S/C26H33N7O2/c1-26(2)20-12-17(11-18(21(20)31-24(26)35)15-7-4-3-5-8-15)30-23-19(22(28)34)13-29-25(32-23)33-10-6-9-16(27)14-33/h7,11-13,16H,3-6,8-10,14,27H2,1-2H3,(H2,28,34)(H,31,35)(H,29,30,32). The highest BCUT2D eigenvalue weighted by Gasteiger charge is 2.40. The van der Waals surface area contributed by atoms with Gasteiger partial charge in [-0.05, 0) is 75.6 Å². The smallest absolute Gasteiger partial charge is 0.254 e. The molecule has 0 bridgehead atoms. The number of rotatable bonds is 5. The molecule has 2 amide bonds. The summed E-state index contributed by atoms with van der Waals surface area (Å²) in [6.45, 7) is 5.32. The van der Waals surface area contributed by atoms with Gasteiger partial charge < -0.3 is 27.0 Å². The Morgan fingerprint density at radius 2 is 2.09 bits per heavy atom. The van der Waals surface area contributed by atoms with Crippen LogP contribution in [0.5, 0.6) is 0 Å². The second kappa shape index (κ2) is 8.96. The fraction of sp³-hybridized carbons (Fsp3) is 0.462. The first-order valence-corrected chi connectivity index (χ1v) is 12.4. The molecule has 1 aromatic heterocycles. The molecule has 1 unspecified atom stereocenters. The van der Waals surface area contributed by atoms with Crippen LogP contribution in [0.1, 0.15) is 73.9 Å². The number of carbonyl (C=O) groups is 2. The van der Waals surface area contributed by atoms with Gasteiger partial charge in [0.2, 0.25) is 11.9 Å². The maximum atomic E-state index is 12.8. The molecular weight excluding hydrogens is 442 g/mol. The molecule has 1 fully saturated rings. The molecule has 9 heteroatoms. The Morgan fingerprint density at radius 1 is 1.26 bits per heavy atom. The predicted molar refractivity (Wildman–Crippen MR) is 138 cm³/mol. The zero-order chi connectivity index (χ0) is 24.7. The summed E-state index contributed by atoms with van der Waals surface area (Å²) in [5.41, 5.74) is 16.1. The second-order valence-corrected chi connectivity index (χ2v) is 10.3. The number of primary amides is 1. The minimum Gasteiger partial charge on any atom is -0.365 e. The van der Waals surface area contributed by atoms with Crippen LogP contribution >= 0.6 is 0 Å². The lowest BCUT2D eigenvalue weighted by Gasteiger charge is -2.31. The van der Waals surface area contributed by atoms with E-state index < -0.39 is 11.3 Å². The van der Waals surface area contributed by atoms with E-state index in [2.05, 4.69) is 26.7 Å². The van der Waals surface area contributed by atoms with Crippen LogP contribution in [0.3, 0.4) is 0 Å². The quantitative estimate of drug-likeness (QED) is 0.519. The van der Waals surface area contributed by atoms with Crippen LogP contribution in [-0.4, -0.2) is 40.9 Å². The van der Waals surface area contributed by atoms with E-state index in [0.717, 1.165) is 61.2 Å². The van der Waals surface area contributed by atoms with Crippen molar-refractivity contribution in [3.63, 3.8) is 0 Å². The maximum Gasteiger partial charge on any atom is 0.254 e. The number of allylic oxidation sites excluding steroid dienone is 2. The average molecular weight is 476 g/mol. The van der Waals surface area contributed by atoms with Gasteiger partial charge in [-0.2, -0.15) is 4.98 Å². The Hall–Kier alpha value is -3.46. The van der Waals surface area contributed by atoms with Crippen molar-refractivity contribution in [2.24, 2.45) is 11.5 Å². The van der Waals surface area contributed by atoms with E-state index in [9.17, 15) is 9.59 Å². The number of fused-ring (bicyclic) bond motifs is 1. The van der Waals surface area contributed by atoms with Gasteiger partial charge in [-0.3, -0.25) is 9.59 Å². The lowest BCUT2D eigenvalue weighted by atomic mass is 9.83. The van der Waals surface area contributed by atoms with Crippen LogP contribution in [0.4, 0.5) is 23.1 Å². The Kier molecular flexibility index (Phi) is 5.96. The Balaban J connectivity index is 1.57. The van der Waals surface area contributed by atoms with Crippen LogP contribution in [0.2, 0.25) is 0 Å². The van der Waals surface area contributed by atoms with Gasteiger partial charge in [0.05, 0.1) is 11.1 Å². The first kappa shape index (κ1) is 23.3. The van der Waals surface area contributed by atoms with E-state index in [-0.39, 0.29) is 17.5 Å². The highest BCUT2D eigenvalue weighted by molar-refractivity contribution is 6.09. The van der Waals surface area contributed by atoms with Crippen LogP contribution < -0.4 is 27.0 Å². The third kappa shape index (κ3) is 4.36. The first-order chi connectivity index (χ1) is 16.7. The van der Waals surface area contributed by atoms with Crippen molar-refractivity contribution in [2.45, 2.75) is 63.8 Å². The fourth-order valence-corrected chi connectivity index (χ4v) is 5.20. The number of aromatic nitrogens is 2. The Labute approximate surface area is 205 Å². The van der Waals surface area contributed by atoms with Crippen molar-refractivity contribution >= 4 is 40.5 Å². The zero-order valence-electron chi connectivity index (χ0n) is 20.4. The summed E-state index contributed by atoms with van der Waals surface area (Å²) in [5, 5.41) is 6.43. The number of nitrogens with one attached hydrogen (secondary N) is 2. The van der Waals surface area contributed by atoms with E-state index in [1.807, 2.05) is 30.9 Å². The summed E-state index contributed by atoms with van der Waals surface area (Å²) < 4.78 is 0. The van der Waals surface area contributed by atoms with Crippen molar-refractivity contribution in [1.82, 2.24) is 9.97 Å². The fourth-order valence-electron chi connectivity index (χ4n) is 5.20. The van der Waals surface area contributed by atoms with Crippen LogP contribution in [-0.2, 0) is 10.2 Å². The number of benzene rings is 1. The monoisotopic (exact) mass is 475 g/mol. The minimum absolute atomic E-state index is 0.0223. The Morgan fingerprint density at radius 3 is 2.80 bits per heavy atom. The molecule has 9 nitrogen and oxygen atoms in total. The summed E-state index contributed by atoms with van der Waals surface area (Å²) in [4.78, 5) is 36.1. The van der Waals surface area contributed by atoms with Gasteiger partial charge in [-0.1, -0.05) is 6.08 Å². The summed E-state index contributed by atoms with van der Waals surface area (Å²) in [6.07, 6.45) is 9.95. The van der Waals surface area contributed by atoms with Gasteiger partial charge in [-0.25, -0.2) is 4.98 Å². The normalized spacial score (nSPS) is 21.2. The summed E-state index contributed by atoms with van der Waals surface area (Å²) in [5.74, 6) is 0.232. The zero-order valence-corrected chi connectivity index (χ0v) is 20.4. The Bertz CT molecular complexity index is 1220. The van der Waals surface area contributed by atoms with Gasteiger partial charge in [0, 0.05) is 36.6 Å². The highest BCUT2D eigenvalue weighted by atomic mass is 16.2. The van der Waals surface area contributed by atoms with E-state index >= 15 is 0 Å². The molecule has 0 spiro atoms. The second-order valence-electron chi connectivity index (χ2n) is 10.3. The van der Waals surface area contributed by atoms with Crippen molar-refractivity contribution in [2.75, 3.05) is 28.6 Å². The lowest BCUT2D eigenvalue weighted by Crippen LogP contribution is -2.43. The first-order valence-electron chi connectivity index (χ1n) is 12.4. The average Bonchev–Trinajstić information content (AvgIpc) is 3.07. The van der Waals surface area contributed by atoms with E-state index in [1.54, 1.807) is 0 Å². The molecule has 0 saturated carbocycles. The molecule has 3 aliphatic rings. The van der Waals surface area contributed by atoms with Gasteiger partial charge in [0.15, 0.2) is 0 Å². The van der Waals surface area contributed by atoms with Gasteiger partial charge in [-0.15, -0.1) is 0 Å². The van der Waals surface area contributed by atoms with Gasteiger partial charge in [0.25, 0.3) is 5.91 Å². The molecule has 6 N–H and O–H groups in total. The molecule has 35 heavy (non-hydrogen) atoms. The number of hydrogen-bond donors (Lipinski definition) is 4. The van der Waals surface area contributed by atoms with E-state index in [0.29, 0.717) is 18.3 Å². The molecule has 2 aliphatic heterocycles. The number of anilines is 4. The van der Waals surface area contributed by atoms with Gasteiger partial charge in [0.1, 0.15) is 11.4 Å². The molecular formula is C26H33N7O2. The van der Waals surface area contributed by atoms with Crippen molar-refractivity contribution < 1.29 is 9.59 Å². The maximum absolute atomic E-state index is 12.8. The molecule has 1 aromatic carbocycles. The molecule has 1 aliphatic carbocycles. The number of piperidine rings is 1. The molecule has 5 rings (SSSR count). The summed E-state index contributed by atoms with van der Waals surface area (Å²) in [7, 11) is 0. The number of amides is 2. The number of nitrogens with two attached hydrogens (primary N) is 2. The third-order valence-electron chi connectivity index (χ3n) is 7.30. The summed E-state index contributed by atoms with van der Waals surface area (Å²) >= 11 is 0.